The predicted molar refractivity (Wildman–Crippen MR) is 75.2 cm³/mol. The Morgan fingerprint density at radius 3 is 2.37 bits per heavy atom. The van der Waals surface area contributed by atoms with Gasteiger partial charge in [-0.25, -0.2) is 0 Å². The molecule has 0 spiro atoms. The van der Waals surface area contributed by atoms with Crippen LogP contribution in [0.5, 0.6) is 0 Å². The van der Waals surface area contributed by atoms with Crippen molar-refractivity contribution in [3.63, 3.8) is 0 Å². The van der Waals surface area contributed by atoms with Gasteiger partial charge in [-0.15, -0.1) is 0 Å². The third-order valence-electron chi connectivity index (χ3n) is 2.99. The summed E-state index contributed by atoms with van der Waals surface area (Å²) in [7, 11) is 0. The average Bonchev–Trinajstić information content (AvgIpc) is 2.35. The largest absolute Gasteiger partial charge is 0.395 e. The van der Waals surface area contributed by atoms with Gasteiger partial charge in [0, 0.05) is 17.8 Å². The highest BCUT2D eigenvalue weighted by molar-refractivity contribution is 5.94. The standard InChI is InChI=1S/C14H22N2O3/c1-10(14(2,3)19)16-12-6-4-11(5-7-12)13(18)15-8-9-17/h4-7,10,16-17,19H,8-9H2,1-3H3,(H,15,18). The number of carbonyl (C=O) groups excluding carboxylic acids is 1. The van der Waals surface area contributed by atoms with Crippen molar-refractivity contribution in [1.82, 2.24) is 5.32 Å². The number of aliphatic hydroxyl groups is 2. The molecule has 19 heavy (non-hydrogen) atoms. The molecule has 0 fully saturated rings. The van der Waals surface area contributed by atoms with Gasteiger partial charge in [0.1, 0.15) is 0 Å². The fraction of sp³-hybridized carbons (Fsp3) is 0.500. The second-order valence-electron chi connectivity index (χ2n) is 5.08. The van der Waals surface area contributed by atoms with E-state index < -0.39 is 5.60 Å². The summed E-state index contributed by atoms with van der Waals surface area (Å²) in [6.07, 6.45) is 0. The van der Waals surface area contributed by atoms with Gasteiger partial charge in [-0.3, -0.25) is 4.79 Å². The zero-order valence-electron chi connectivity index (χ0n) is 11.6. The van der Waals surface area contributed by atoms with Crippen LogP contribution in [0.25, 0.3) is 0 Å². The van der Waals surface area contributed by atoms with E-state index in [1.807, 2.05) is 6.92 Å². The molecule has 1 aromatic carbocycles. The first-order valence-electron chi connectivity index (χ1n) is 6.32. The molecule has 1 atom stereocenters. The van der Waals surface area contributed by atoms with Crippen LogP contribution in [0.1, 0.15) is 31.1 Å². The SMILES string of the molecule is CC(Nc1ccc(C(=O)NCCO)cc1)C(C)(C)O. The minimum Gasteiger partial charge on any atom is -0.395 e. The number of hydrogen-bond donors (Lipinski definition) is 4. The summed E-state index contributed by atoms with van der Waals surface area (Å²) < 4.78 is 0. The number of aliphatic hydroxyl groups excluding tert-OH is 1. The Bertz CT molecular complexity index is 410. The summed E-state index contributed by atoms with van der Waals surface area (Å²) in [4.78, 5) is 11.6. The third kappa shape index (κ3) is 4.89. The number of hydrogen-bond acceptors (Lipinski definition) is 4. The second kappa shape index (κ2) is 6.54. The van der Waals surface area contributed by atoms with Crippen LogP contribution in [-0.2, 0) is 0 Å². The van der Waals surface area contributed by atoms with Gasteiger partial charge in [0.2, 0.25) is 0 Å². The van der Waals surface area contributed by atoms with Crippen molar-refractivity contribution in [2.45, 2.75) is 32.4 Å². The zero-order chi connectivity index (χ0) is 14.5. The highest BCUT2D eigenvalue weighted by atomic mass is 16.3. The number of nitrogens with one attached hydrogen (secondary N) is 2. The first-order valence-corrected chi connectivity index (χ1v) is 6.32. The van der Waals surface area contributed by atoms with E-state index in [2.05, 4.69) is 10.6 Å². The quantitative estimate of drug-likeness (QED) is 0.618. The molecule has 4 N–H and O–H groups in total. The molecule has 0 aromatic heterocycles. The van der Waals surface area contributed by atoms with Gasteiger partial charge in [-0.2, -0.15) is 0 Å². The first kappa shape index (κ1) is 15.5. The highest BCUT2D eigenvalue weighted by Crippen LogP contribution is 2.16. The summed E-state index contributed by atoms with van der Waals surface area (Å²) in [5.74, 6) is -0.212. The summed E-state index contributed by atoms with van der Waals surface area (Å²) in [5, 5.41) is 24.2. The van der Waals surface area contributed by atoms with Gasteiger partial charge in [-0.1, -0.05) is 0 Å². The van der Waals surface area contributed by atoms with E-state index in [0.717, 1.165) is 5.69 Å². The molecule has 1 amide bonds. The molecule has 0 saturated heterocycles. The molecular formula is C14H22N2O3. The Morgan fingerprint density at radius 2 is 1.89 bits per heavy atom. The van der Waals surface area contributed by atoms with Crippen molar-refractivity contribution in [1.29, 1.82) is 0 Å². The number of rotatable bonds is 6. The first-order chi connectivity index (χ1) is 8.84. The number of benzene rings is 1. The van der Waals surface area contributed by atoms with Crippen molar-refractivity contribution in [2.24, 2.45) is 0 Å². The van der Waals surface area contributed by atoms with Crippen LogP contribution in [0.2, 0.25) is 0 Å². The molecule has 0 heterocycles. The van der Waals surface area contributed by atoms with Crippen molar-refractivity contribution in [3.05, 3.63) is 29.8 Å². The minimum absolute atomic E-state index is 0.0749. The van der Waals surface area contributed by atoms with Crippen LogP contribution in [0.4, 0.5) is 5.69 Å². The number of anilines is 1. The van der Waals surface area contributed by atoms with Crippen LogP contribution in [0.3, 0.4) is 0 Å². The summed E-state index contributed by atoms with van der Waals surface area (Å²) >= 11 is 0. The molecule has 1 rings (SSSR count). The van der Waals surface area contributed by atoms with Gasteiger partial charge in [0.15, 0.2) is 0 Å². The molecule has 5 nitrogen and oxygen atoms in total. The predicted octanol–water partition coefficient (Wildman–Crippen LogP) is 0.980. The minimum atomic E-state index is -0.822. The monoisotopic (exact) mass is 266 g/mol. The van der Waals surface area contributed by atoms with Crippen LogP contribution in [0.15, 0.2) is 24.3 Å². The molecule has 1 unspecified atom stereocenters. The molecule has 0 aliphatic rings. The lowest BCUT2D eigenvalue weighted by Gasteiger charge is -2.27. The van der Waals surface area contributed by atoms with Crippen LogP contribution in [-0.4, -0.2) is 40.9 Å². The molecule has 0 radical (unpaired) electrons. The molecule has 5 heteroatoms. The Morgan fingerprint density at radius 1 is 1.32 bits per heavy atom. The maximum absolute atomic E-state index is 11.6. The Balaban J connectivity index is 2.64. The van der Waals surface area contributed by atoms with Gasteiger partial charge >= 0.3 is 0 Å². The maximum Gasteiger partial charge on any atom is 0.251 e. The lowest BCUT2D eigenvalue weighted by atomic mass is 10.0. The number of carbonyl (C=O) groups is 1. The van der Waals surface area contributed by atoms with Gasteiger partial charge in [-0.05, 0) is 45.0 Å². The van der Waals surface area contributed by atoms with Crippen molar-refractivity contribution in [3.8, 4) is 0 Å². The fourth-order valence-corrected chi connectivity index (χ4v) is 1.42. The van der Waals surface area contributed by atoms with Crippen LogP contribution in [0, 0.1) is 0 Å². The zero-order valence-corrected chi connectivity index (χ0v) is 11.6. The van der Waals surface area contributed by atoms with E-state index in [1.165, 1.54) is 0 Å². The van der Waals surface area contributed by atoms with E-state index in [1.54, 1.807) is 38.1 Å². The summed E-state index contributed by atoms with van der Waals surface area (Å²) in [6.45, 7) is 5.54. The van der Waals surface area contributed by atoms with E-state index in [-0.39, 0.29) is 25.1 Å². The van der Waals surface area contributed by atoms with Crippen LogP contribution < -0.4 is 10.6 Å². The number of amides is 1. The van der Waals surface area contributed by atoms with Gasteiger partial charge in [0.25, 0.3) is 5.91 Å². The molecule has 0 bridgehead atoms. The van der Waals surface area contributed by atoms with Gasteiger partial charge in [0.05, 0.1) is 18.2 Å². The van der Waals surface area contributed by atoms with Crippen LogP contribution >= 0.6 is 0 Å². The molecule has 1 aromatic rings. The normalized spacial score (nSPS) is 12.9. The summed E-state index contributed by atoms with van der Waals surface area (Å²) in [6, 6.07) is 6.87. The smallest absolute Gasteiger partial charge is 0.251 e. The maximum atomic E-state index is 11.6. The Hall–Kier alpha value is -1.59. The summed E-state index contributed by atoms with van der Waals surface area (Å²) in [5.41, 5.74) is 0.556. The lowest BCUT2D eigenvalue weighted by Crippen LogP contribution is -2.39. The fourth-order valence-electron chi connectivity index (χ4n) is 1.42. The van der Waals surface area contributed by atoms with E-state index in [9.17, 15) is 9.90 Å². The van der Waals surface area contributed by atoms with Gasteiger partial charge < -0.3 is 20.8 Å². The second-order valence-corrected chi connectivity index (χ2v) is 5.08. The van der Waals surface area contributed by atoms with Crippen molar-refractivity contribution >= 4 is 11.6 Å². The molecule has 0 aliphatic carbocycles. The van der Waals surface area contributed by atoms with E-state index in [0.29, 0.717) is 5.56 Å². The average molecular weight is 266 g/mol. The Labute approximate surface area is 113 Å². The highest BCUT2D eigenvalue weighted by Gasteiger charge is 2.21. The molecule has 106 valence electrons. The van der Waals surface area contributed by atoms with E-state index in [4.69, 9.17) is 5.11 Å². The van der Waals surface area contributed by atoms with E-state index >= 15 is 0 Å². The molecule has 0 aliphatic heterocycles. The van der Waals surface area contributed by atoms with Crippen molar-refractivity contribution < 1.29 is 15.0 Å². The Kier molecular flexibility index (Phi) is 5.32. The lowest BCUT2D eigenvalue weighted by molar-refractivity contribution is 0.0649. The van der Waals surface area contributed by atoms with Crippen molar-refractivity contribution in [2.75, 3.05) is 18.5 Å². The topological polar surface area (TPSA) is 81.6 Å². The third-order valence-corrected chi connectivity index (χ3v) is 2.99. The molecular weight excluding hydrogens is 244 g/mol. The molecule has 0 saturated carbocycles.